The Morgan fingerprint density at radius 2 is 0.839 bits per heavy atom. The van der Waals surface area contributed by atoms with Crippen LogP contribution in [0.5, 0.6) is 0 Å². The fraction of sp³-hybridized carbons (Fsp3) is 0.926. The van der Waals surface area contributed by atoms with Crippen molar-refractivity contribution in [1.82, 2.24) is 4.90 Å². The lowest BCUT2D eigenvalue weighted by atomic mass is 10.0. The van der Waals surface area contributed by atoms with E-state index in [1.54, 1.807) is 0 Å². The molecule has 4 heteroatoms. The lowest BCUT2D eigenvalue weighted by Gasteiger charge is -2.19. The summed E-state index contributed by atoms with van der Waals surface area (Å²) in [5, 5.41) is 18.0. The Morgan fingerprint density at radius 3 is 1.23 bits per heavy atom. The van der Waals surface area contributed by atoms with Crippen molar-refractivity contribution in [2.75, 3.05) is 32.8 Å². The first-order valence-corrected chi connectivity index (χ1v) is 13.4. The SMILES string of the molecule is CCCCCCCCC=CCCCCCCCCCCCCCN(CCO)CCO.Cl. The predicted octanol–water partition coefficient (Wildman–Crippen LogP) is 7.68. The van der Waals surface area contributed by atoms with Gasteiger partial charge in [0.25, 0.3) is 0 Å². The van der Waals surface area contributed by atoms with Crippen molar-refractivity contribution >= 4 is 12.4 Å². The maximum atomic E-state index is 9.01. The van der Waals surface area contributed by atoms with Crippen LogP contribution in [0.25, 0.3) is 0 Å². The highest BCUT2D eigenvalue weighted by Gasteiger charge is 2.02. The molecule has 188 valence electrons. The number of unbranched alkanes of at least 4 members (excludes halogenated alkanes) is 17. The fourth-order valence-electron chi connectivity index (χ4n) is 4.09. The van der Waals surface area contributed by atoms with Crippen molar-refractivity contribution in [2.24, 2.45) is 0 Å². The number of aliphatic hydroxyl groups excluding tert-OH is 2. The quantitative estimate of drug-likeness (QED) is 0.108. The second kappa shape index (κ2) is 29.9. The molecule has 0 aliphatic heterocycles. The van der Waals surface area contributed by atoms with Gasteiger partial charge in [-0.1, -0.05) is 109 Å². The molecule has 31 heavy (non-hydrogen) atoms. The third kappa shape index (κ3) is 27.9. The van der Waals surface area contributed by atoms with Crippen molar-refractivity contribution < 1.29 is 10.2 Å². The van der Waals surface area contributed by atoms with Crippen molar-refractivity contribution in [3.05, 3.63) is 12.2 Å². The van der Waals surface area contributed by atoms with Gasteiger partial charge in [-0.25, -0.2) is 0 Å². The zero-order chi connectivity index (χ0) is 22.0. The van der Waals surface area contributed by atoms with Crippen LogP contribution in [0.3, 0.4) is 0 Å². The Morgan fingerprint density at radius 1 is 0.484 bits per heavy atom. The van der Waals surface area contributed by atoms with Crippen molar-refractivity contribution in [1.29, 1.82) is 0 Å². The second-order valence-electron chi connectivity index (χ2n) is 8.99. The van der Waals surface area contributed by atoms with Crippen LogP contribution in [-0.2, 0) is 0 Å². The topological polar surface area (TPSA) is 43.7 Å². The molecule has 0 spiro atoms. The number of aliphatic hydroxyl groups is 2. The van der Waals surface area contributed by atoms with Crippen LogP contribution >= 0.6 is 12.4 Å². The largest absolute Gasteiger partial charge is 0.395 e. The first-order valence-electron chi connectivity index (χ1n) is 13.4. The van der Waals surface area contributed by atoms with Gasteiger partial charge in [-0.05, 0) is 38.6 Å². The molecular weight excluding hydrogens is 406 g/mol. The number of hydrogen-bond donors (Lipinski definition) is 2. The summed E-state index contributed by atoms with van der Waals surface area (Å²) in [5.74, 6) is 0. The van der Waals surface area contributed by atoms with Crippen LogP contribution in [-0.4, -0.2) is 48.0 Å². The Bertz CT molecular complexity index is 333. The predicted molar refractivity (Wildman–Crippen MR) is 140 cm³/mol. The van der Waals surface area contributed by atoms with Crippen LogP contribution in [0.4, 0.5) is 0 Å². The highest BCUT2D eigenvalue weighted by atomic mass is 35.5. The number of nitrogens with zero attached hydrogens (tertiary/aromatic N) is 1. The molecule has 0 unspecified atom stereocenters. The molecule has 0 saturated carbocycles. The summed E-state index contributed by atoms with van der Waals surface area (Å²) in [6, 6.07) is 0. The van der Waals surface area contributed by atoms with Gasteiger partial charge < -0.3 is 10.2 Å². The molecule has 0 atom stereocenters. The first-order chi connectivity index (χ1) is 14.8. The van der Waals surface area contributed by atoms with Gasteiger partial charge in [0.05, 0.1) is 13.2 Å². The maximum absolute atomic E-state index is 9.01. The zero-order valence-electron chi connectivity index (χ0n) is 20.9. The Balaban J connectivity index is 0. The van der Waals surface area contributed by atoms with E-state index in [2.05, 4.69) is 24.0 Å². The summed E-state index contributed by atoms with van der Waals surface area (Å²) in [6.07, 6.45) is 30.8. The molecule has 3 nitrogen and oxygen atoms in total. The van der Waals surface area contributed by atoms with Crippen LogP contribution in [0.2, 0.25) is 0 Å². The van der Waals surface area contributed by atoms with E-state index in [4.69, 9.17) is 10.2 Å². The van der Waals surface area contributed by atoms with Crippen LogP contribution < -0.4 is 0 Å². The maximum Gasteiger partial charge on any atom is 0.0558 e. The minimum absolute atomic E-state index is 0. The smallest absolute Gasteiger partial charge is 0.0558 e. The number of allylic oxidation sites excluding steroid dienone is 2. The normalized spacial score (nSPS) is 11.5. The molecule has 0 aromatic rings. The van der Waals surface area contributed by atoms with Gasteiger partial charge in [-0.2, -0.15) is 0 Å². The zero-order valence-corrected chi connectivity index (χ0v) is 21.7. The van der Waals surface area contributed by atoms with Gasteiger partial charge in [-0.3, -0.25) is 4.90 Å². The van der Waals surface area contributed by atoms with Crippen molar-refractivity contribution in [3.63, 3.8) is 0 Å². The molecule has 0 aromatic carbocycles. The van der Waals surface area contributed by atoms with Gasteiger partial charge in [0.2, 0.25) is 0 Å². The minimum Gasteiger partial charge on any atom is -0.395 e. The molecule has 0 saturated heterocycles. The van der Waals surface area contributed by atoms with Gasteiger partial charge in [0.15, 0.2) is 0 Å². The lowest BCUT2D eigenvalue weighted by Crippen LogP contribution is -2.30. The molecule has 0 radical (unpaired) electrons. The van der Waals surface area contributed by atoms with E-state index in [9.17, 15) is 0 Å². The molecule has 0 heterocycles. The second-order valence-corrected chi connectivity index (χ2v) is 8.99. The van der Waals surface area contributed by atoms with Gasteiger partial charge in [0, 0.05) is 13.1 Å². The Kier molecular flexibility index (Phi) is 31.9. The van der Waals surface area contributed by atoms with Crippen LogP contribution in [0.1, 0.15) is 129 Å². The van der Waals surface area contributed by atoms with Crippen LogP contribution in [0.15, 0.2) is 12.2 Å². The van der Waals surface area contributed by atoms with E-state index in [-0.39, 0.29) is 25.6 Å². The first kappa shape index (κ1) is 33.1. The summed E-state index contributed by atoms with van der Waals surface area (Å²) < 4.78 is 0. The minimum atomic E-state index is 0. The number of rotatable bonds is 25. The highest BCUT2D eigenvalue weighted by molar-refractivity contribution is 5.85. The van der Waals surface area contributed by atoms with E-state index < -0.39 is 0 Å². The number of hydrogen-bond acceptors (Lipinski definition) is 3. The summed E-state index contributed by atoms with van der Waals surface area (Å²) in [6.45, 7) is 5.05. The summed E-state index contributed by atoms with van der Waals surface area (Å²) in [4.78, 5) is 2.16. The molecule has 0 aromatic heterocycles. The Labute approximate surface area is 201 Å². The molecule has 0 aliphatic rings. The third-order valence-electron chi connectivity index (χ3n) is 6.07. The monoisotopic (exact) mass is 461 g/mol. The summed E-state index contributed by atoms with van der Waals surface area (Å²) in [5.41, 5.74) is 0. The van der Waals surface area contributed by atoms with E-state index >= 15 is 0 Å². The molecule has 0 rings (SSSR count). The Hall–Kier alpha value is -0.0900. The fourth-order valence-corrected chi connectivity index (χ4v) is 4.09. The average Bonchev–Trinajstić information content (AvgIpc) is 2.75. The molecular formula is C27H56ClNO2. The van der Waals surface area contributed by atoms with Crippen molar-refractivity contribution in [3.8, 4) is 0 Å². The van der Waals surface area contributed by atoms with E-state index in [0.717, 1.165) is 6.54 Å². The van der Waals surface area contributed by atoms with Gasteiger partial charge in [-0.15, -0.1) is 12.4 Å². The summed E-state index contributed by atoms with van der Waals surface area (Å²) >= 11 is 0. The summed E-state index contributed by atoms with van der Waals surface area (Å²) in [7, 11) is 0. The van der Waals surface area contributed by atoms with E-state index in [0.29, 0.717) is 13.1 Å². The molecule has 0 aliphatic carbocycles. The average molecular weight is 462 g/mol. The van der Waals surface area contributed by atoms with Crippen LogP contribution in [0, 0.1) is 0 Å². The standard InChI is InChI=1S/C27H55NO2.ClH/c1-2-3-4-5-6-7-8-9-10-11-12-13-14-15-16-17-18-19-20-21-22-23-28(24-26-29)25-27-30;/h9-10,29-30H,2-8,11-27H2,1H3;1H. The molecule has 0 fully saturated rings. The third-order valence-corrected chi connectivity index (χ3v) is 6.07. The van der Waals surface area contributed by atoms with E-state index in [1.807, 2.05) is 0 Å². The molecule has 0 bridgehead atoms. The molecule has 2 N–H and O–H groups in total. The molecule has 0 amide bonds. The number of halogens is 1. The van der Waals surface area contributed by atoms with Gasteiger partial charge in [0.1, 0.15) is 0 Å². The highest BCUT2D eigenvalue weighted by Crippen LogP contribution is 2.13. The van der Waals surface area contributed by atoms with E-state index in [1.165, 1.54) is 122 Å². The van der Waals surface area contributed by atoms with Crippen molar-refractivity contribution in [2.45, 2.75) is 129 Å². The van der Waals surface area contributed by atoms with Gasteiger partial charge >= 0.3 is 0 Å². The lowest BCUT2D eigenvalue weighted by molar-refractivity contribution is 0.159.